The molecule has 1 aliphatic carbocycles. The number of aromatic nitrogens is 1. The molecule has 2 rings (SSSR count). The summed E-state index contributed by atoms with van der Waals surface area (Å²) in [5, 5.41) is 9.83. The summed E-state index contributed by atoms with van der Waals surface area (Å²) in [7, 11) is 2.18. The zero-order chi connectivity index (χ0) is 14.4. The highest BCUT2D eigenvalue weighted by Crippen LogP contribution is 2.38. The van der Waals surface area contributed by atoms with Crippen LogP contribution in [-0.2, 0) is 6.42 Å². The molecule has 0 spiro atoms. The average molecular weight is 276 g/mol. The van der Waals surface area contributed by atoms with Gasteiger partial charge in [-0.15, -0.1) is 0 Å². The summed E-state index contributed by atoms with van der Waals surface area (Å²) in [6.45, 7) is 4.72. The van der Waals surface area contributed by atoms with Gasteiger partial charge in [0.25, 0.3) is 0 Å². The number of aliphatic hydroxyl groups is 1. The summed E-state index contributed by atoms with van der Waals surface area (Å²) in [6.07, 6.45) is 9.63. The molecule has 112 valence electrons. The van der Waals surface area contributed by atoms with Crippen molar-refractivity contribution < 1.29 is 5.11 Å². The van der Waals surface area contributed by atoms with E-state index in [9.17, 15) is 5.11 Å². The zero-order valence-electron chi connectivity index (χ0n) is 12.9. The van der Waals surface area contributed by atoms with Crippen LogP contribution in [0.25, 0.3) is 0 Å². The van der Waals surface area contributed by atoms with Crippen LogP contribution in [0.15, 0.2) is 24.5 Å². The molecule has 1 N–H and O–H groups in total. The first-order valence-electron chi connectivity index (χ1n) is 7.82. The molecule has 0 aromatic carbocycles. The highest BCUT2D eigenvalue weighted by molar-refractivity contribution is 5.09. The number of rotatable bonds is 6. The van der Waals surface area contributed by atoms with Crippen molar-refractivity contribution in [2.75, 3.05) is 26.7 Å². The maximum Gasteiger partial charge on any atom is 0.0499 e. The normalized spacial score (nSPS) is 26.9. The number of nitrogens with zero attached hydrogens (tertiary/aromatic N) is 2. The SMILES string of the molecule is CC1CCC(CO)(CN(C)CCc2ccncc2)CC1. The molecule has 20 heavy (non-hydrogen) atoms. The number of hydrogen-bond acceptors (Lipinski definition) is 3. The van der Waals surface area contributed by atoms with Gasteiger partial charge in [-0.1, -0.05) is 19.8 Å². The van der Waals surface area contributed by atoms with Crippen LogP contribution in [0.3, 0.4) is 0 Å². The van der Waals surface area contributed by atoms with Crippen LogP contribution in [0.1, 0.15) is 38.2 Å². The average Bonchev–Trinajstić information content (AvgIpc) is 2.49. The molecular weight excluding hydrogens is 248 g/mol. The van der Waals surface area contributed by atoms with Gasteiger partial charge in [0.1, 0.15) is 0 Å². The van der Waals surface area contributed by atoms with E-state index in [2.05, 4.69) is 36.0 Å². The molecule has 0 amide bonds. The summed E-state index contributed by atoms with van der Waals surface area (Å²) >= 11 is 0. The minimum absolute atomic E-state index is 0.138. The van der Waals surface area contributed by atoms with Crippen molar-refractivity contribution >= 4 is 0 Å². The Kier molecular flexibility index (Phi) is 5.55. The van der Waals surface area contributed by atoms with Crippen molar-refractivity contribution in [1.29, 1.82) is 0 Å². The second kappa shape index (κ2) is 7.19. The first kappa shape index (κ1) is 15.5. The Balaban J connectivity index is 1.82. The maximum absolute atomic E-state index is 9.83. The molecule has 3 heteroatoms. The highest BCUT2D eigenvalue weighted by Gasteiger charge is 2.34. The summed E-state index contributed by atoms with van der Waals surface area (Å²) in [5.41, 5.74) is 1.47. The first-order valence-corrected chi connectivity index (χ1v) is 7.82. The fraction of sp³-hybridized carbons (Fsp3) is 0.706. The van der Waals surface area contributed by atoms with E-state index in [0.717, 1.165) is 25.4 Å². The summed E-state index contributed by atoms with van der Waals surface area (Å²) in [5.74, 6) is 0.830. The van der Waals surface area contributed by atoms with Crippen LogP contribution in [0.2, 0.25) is 0 Å². The Morgan fingerprint density at radius 1 is 1.30 bits per heavy atom. The third kappa shape index (κ3) is 4.29. The molecule has 1 saturated carbocycles. The fourth-order valence-corrected chi connectivity index (χ4v) is 3.26. The third-order valence-corrected chi connectivity index (χ3v) is 4.81. The molecule has 1 fully saturated rings. The molecule has 0 bridgehead atoms. The van der Waals surface area contributed by atoms with Crippen LogP contribution in [0, 0.1) is 11.3 Å². The Morgan fingerprint density at radius 3 is 2.55 bits per heavy atom. The van der Waals surface area contributed by atoms with Crippen molar-refractivity contribution in [2.45, 2.75) is 39.0 Å². The topological polar surface area (TPSA) is 36.4 Å². The lowest BCUT2D eigenvalue weighted by Gasteiger charge is -2.40. The first-order chi connectivity index (χ1) is 9.63. The molecule has 1 aromatic heterocycles. The van der Waals surface area contributed by atoms with Crippen LogP contribution in [0.5, 0.6) is 0 Å². The van der Waals surface area contributed by atoms with Gasteiger partial charge >= 0.3 is 0 Å². The van der Waals surface area contributed by atoms with Crippen LogP contribution in [-0.4, -0.2) is 41.7 Å². The van der Waals surface area contributed by atoms with Crippen LogP contribution < -0.4 is 0 Å². The van der Waals surface area contributed by atoms with E-state index in [1.54, 1.807) is 0 Å². The Morgan fingerprint density at radius 2 is 1.95 bits per heavy atom. The van der Waals surface area contributed by atoms with Gasteiger partial charge in [0.2, 0.25) is 0 Å². The molecule has 1 aromatic rings. The summed E-state index contributed by atoms with van der Waals surface area (Å²) in [4.78, 5) is 6.43. The maximum atomic E-state index is 9.83. The molecule has 0 unspecified atom stereocenters. The van der Waals surface area contributed by atoms with Crippen LogP contribution >= 0.6 is 0 Å². The van der Waals surface area contributed by atoms with Crippen molar-refractivity contribution in [3.8, 4) is 0 Å². The van der Waals surface area contributed by atoms with Crippen molar-refractivity contribution in [3.05, 3.63) is 30.1 Å². The number of likely N-dealkylation sites (N-methyl/N-ethyl adjacent to an activating group) is 1. The number of pyridine rings is 1. The molecule has 0 atom stereocenters. The molecule has 0 aliphatic heterocycles. The third-order valence-electron chi connectivity index (χ3n) is 4.81. The monoisotopic (exact) mass is 276 g/mol. The lowest BCUT2D eigenvalue weighted by molar-refractivity contribution is 0.0369. The van der Waals surface area contributed by atoms with E-state index in [0.29, 0.717) is 6.61 Å². The fourth-order valence-electron chi connectivity index (χ4n) is 3.26. The van der Waals surface area contributed by atoms with E-state index in [-0.39, 0.29) is 5.41 Å². The predicted octanol–water partition coefficient (Wildman–Crippen LogP) is 2.74. The Labute approximate surface area is 123 Å². The highest BCUT2D eigenvalue weighted by atomic mass is 16.3. The standard InChI is InChI=1S/C17H28N2O/c1-15-3-8-17(14-20,9-4-15)13-19(2)12-7-16-5-10-18-11-6-16/h5-6,10-11,15,20H,3-4,7-9,12-14H2,1-2H3. The lowest BCUT2D eigenvalue weighted by Crippen LogP contribution is -2.41. The summed E-state index contributed by atoms with van der Waals surface area (Å²) in [6, 6.07) is 4.16. The zero-order valence-corrected chi connectivity index (χ0v) is 12.9. The molecule has 1 aliphatic rings. The molecule has 0 saturated heterocycles. The van der Waals surface area contributed by atoms with Crippen molar-refractivity contribution in [1.82, 2.24) is 9.88 Å². The van der Waals surface area contributed by atoms with E-state index in [1.165, 1.54) is 31.2 Å². The van der Waals surface area contributed by atoms with E-state index in [4.69, 9.17) is 0 Å². The second-order valence-electron chi connectivity index (χ2n) is 6.68. The predicted molar refractivity (Wildman–Crippen MR) is 82.6 cm³/mol. The Bertz CT molecular complexity index is 385. The Hall–Kier alpha value is -0.930. The minimum Gasteiger partial charge on any atom is -0.396 e. The van der Waals surface area contributed by atoms with Gasteiger partial charge in [-0.25, -0.2) is 0 Å². The molecule has 3 nitrogen and oxygen atoms in total. The smallest absolute Gasteiger partial charge is 0.0499 e. The van der Waals surface area contributed by atoms with Gasteiger partial charge in [-0.3, -0.25) is 4.98 Å². The van der Waals surface area contributed by atoms with E-state index < -0.39 is 0 Å². The summed E-state index contributed by atoms with van der Waals surface area (Å²) < 4.78 is 0. The minimum atomic E-state index is 0.138. The second-order valence-corrected chi connectivity index (χ2v) is 6.68. The van der Waals surface area contributed by atoms with E-state index >= 15 is 0 Å². The molecular formula is C17H28N2O. The quantitative estimate of drug-likeness (QED) is 0.868. The largest absolute Gasteiger partial charge is 0.396 e. The van der Waals surface area contributed by atoms with Gasteiger partial charge in [-0.05, 0) is 49.9 Å². The number of aliphatic hydroxyl groups excluding tert-OH is 1. The van der Waals surface area contributed by atoms with Crippen molar-refractivity contribution in [3.63, 3.8) is 0 Å². The number of hydrogen-bond donors (Lipinski definition) is 1. The molecule has 0 radical (unpaired) electrons. The molecule has 1 heterocycles. The van der Waals surface area contributed by atoms with Crippen molar-refractivity contribution in [2.24, 2.45) is 11.3 Å². The van der Waals surface area contributed by atoms with Gasteiger partial charge in [0, 0.05) is 37.5 Å². The van der Waals surface area contributed by atoms with Gasteiger partial charge in [-0.2, -0.15) is 0 Å². The van der Waals surface area contributed by atoms with Gasteiger partial charge < -0.3 is 10.0 Å². The van der Waals surface area contributed by atoms with Crippen LogP contribution in [0.4, 0.5) is 0 Å². The van der Waals surface area contributed by atoms with Gasteiger partial charge in [0.15, 0.2) is 0 Å². The van der Waals surface area contributed by atoms with E-state index in [1.807, 2.05) is 12.4 Å². The lowest BCUT2D eigenvalue weighted by atomic mass is 9.71. The van der Waals surface area contributed by atoms with Gasteiger partial charge in [0.05, 0.1) is 0 Å².